The van der Waals surface area contributed by atoms with E-state index in [0.29, 0.717) is 12.1 Å². The van der Waals surface area contributed by atoms with Crippen LogP contribution in [0, 0.1) is 0 Å². The van der Waals surface area contributed by atoms with Crippen LogP contribution in [0.15, 0.2) is 0 Å². The van der Waals surface area contributed by atoms with Crippen molar-refractivity contribution in [2.24, 2.45) is 0 Å². The Morgan fingerprint density at radius 3 is 2.07 bits per heavy atom. The summed E-state index contributed by atoms with van der Waals surface area (Å²) in [7, 11) is 1.78. The molecule has 14 heavy (non-hydrogen) atoms. The molecule has 3 heteroatoms. The van der Waals surface area contributed by atoms with Gasteiger partial charge in [0.05, 0.1) is 6.10 Å². The molecule has 0 aromatic rings. The second-order valence-corrected chi connectivity index (χ2v) is 4.51. The van der Waals surface area contributed by atoms with Gasteiger partial charge in [0.2, 0.25) is 0 Å². The van der Waals surface area contributed by atoms with E-state index in [9.17, 15) is 0 Å². The topological polar surface area (TPSA) is 23.3 Å². The van der Waals surface area contributed by atoms with Crippen LogP contribution in [0.1, 0.15) is 47.5 Å². The zero-order valence-corrected chi connectivity index (χ0v) is 13.3. The van der Waals surface area contributed by atoms with Crippen molar-refractivity contribution in [2.75, 3.05) is 7.11 Å². The molecule has 2 nitrogen and oxygen atoms in total. The van der Waals surface area contributed by atoms with Crippen molar-refractivity contribution >= 4 is 0 Å². The van der Waals surface area contributed by atoms with Crippen LogP contribution >= 0.6 is 0 Å². The van der Waals surface area contributed by atoms with E-state index < -0.39 is 0 Å². The van der Waals surface area contributed by atoms with Crippen molar-refractivity contribution in [1.82, 2.24) is 0 Å². The number of ether oxygens (including phenoxy) is 1. The normalized spacial score (nSPS) is 13.9. The molecular weight excluding hydrogens is 251 g/mol. The number of rotatable bonds is 6. The molecule has 83 valence electrons. The molecule has 0 spiro atoms. The largest absolute Gasteiger partial charge is 0.655 e. The first kappa shape index (κ1) is 17.4. The van der Waals surface area contributed by atoms with Crippen LogP contribution in [0.3, 0.4) is 0 Å². The fraction of sp³-hybridized carbons (Fsp3) is 1.00. The Kier molecular flexibility index (Phi) is 10.2. The van der Waals surface area contributed by atoms with E-state index >= 15 is 0 Å². The Bertz CT molecular complexity index is 133. The van der Waals surface area contributed by atoms with Gasteiger partial charge in [0.15, 0.2) is 0 Å². The van der Waals surface area contributed by atoms with Gasteiger partial charge in [-0.15, -0.1) is 11.6 Å². The first-order valence-electron chi connectivity index (χ1n) is 5.16. The molecule has 0 aliphatic rings. The first-order valence-corrected chi connectivity index (χ1v) is 5.16. The summed E-state index contributed by atoms with van der Waals surface area (Å²) in [5, 5.41) is 4.66. The molecule has 1 atom stereocenters. The minimum absolute atomic E-state index is 0. The van der Waals surface area contributed by atoms with Crippen molar-refractivity contribution in [2.45, 2.75) is 65.1 Å². The predicted octanol–water partition coefficient (Wildman–Crippen LogP) is 3.36. The van der Waals surface area contributed by atoms with Crippen LogP contribution in [0.5, 0.6) is 0 Å². The summed E-state index contributed by atoms with van der Waals surface area (Å²) < 4.78 is 5.36. The maximum Gasteiger partial charge on any atom is 0.0557 e. The van der Waals surface area contributed by atoms with E-state index in [4.69, 9.17) is 4.74 Å². The number of hydrogen-bond acceptors (Lipinski definition) is 1. The molecule has 0 aliphatic heterocycles. The van der Waals surface area contributed by atoms with Gasteiger partial charge in [0.1, 0.15) is 0 Å². The van der Waals surface area contributed by atoms with E-state index in [1.165, 1.54) is 0 Å². The van der Waals surface area contributed by atoms with Crippen LogP contribution in [-0.4, -0.2) is 24.8 Å². The predicted molar refractivity (Wildman–Crippen MR) is 58.3 cm³/mol. The van der Waals surface area contributed by atoms with Gasteiger partial charge in [-0.05, 0) is 12.8 Å². The van der Waals surface area contributed by atoms with Crippen molar-refractivity contribution in [3.05, 3.63) is 5.32 Å². The van der Waals surface area contributed by atoms with Gasteiger partial charge in [-0.1, -0.05) is 34.6 Å². The number of hydrogen-bond donors (Lipinski definition) is 0. The van der Waals surface area contributed by atoms with Gasteiger partial charge < -0.3 is 10.1 Å². The van der Waals surface area contributed by atoms with Gasteiger partial charge in [0, 0.05) is 39.8 Å². The van der Waals surface area contributed by atoms with Crippen molar-refractivity contribution in [3.63, 3.8) is 0 Å². The number of methoxy groups -OCH3 is 1. The summed E-state index contributed by atoms with van der Waals surface area (Å²) in [5.74, 6) is 0. The monoisotopic (exact) mass is 275 g/mol. The van der Waals surface area contributed by atoms with Gasteiger partial charge in [-0.3, -0.25) is 0 Å². The summed E-state index contributed by atoms with van der Waals surface area (Å²) in [6.45, 7) is 10.7. The molecule has 0 saturated heterocycles. The molecular formula is C11H24NOY-. The van der Waals surface area contributed by atoms with E-state index in [1.807, 2.05) is 0 Å². The fourth-order valence-corrected chi connectivity index (χ4v) is 1.70. The Hall–Kier alpha value is 1.02. The maximum absolute atomic E-state index is 5.36. The van der Waals surface area contributed by atoms with Gasteiger partial charge in [0.25, 0.3) is 0 Å². The van der Waals surface area contributed by atoms with Crippen LogP contribution in [-0.2, 0) is 37.4 Å². The summed E-state index contributed by atoms with van der Waals surface area (Å²) >= 11 is 0. The average Bonchev–Trinajstić information content (AvgIpc) is 1.97. The molecule has 0 aromatic heterocycles. The summed E-state index contributed by atoms with van der Waals surface area (Å²) in [5.41, 5.74) is 0.0465. The third-order valence-corrected chi connectivity index (χ3v) is 2.12. The Morgan fingerprint density at radius 2 is 1.79 bits per heavy atom. The molecule has 0 amide bonds. The molecule has 0 fully saturated rings. The van der Waals surface area contributed by atoms with Crippen LogP contribution < -0.4 is 0 Å². The quantitative estimate of drug-likeness (QED) is 0.729. The molecule has 1 radical (unpaired) electrons. The van der Waals surface area contributed by atoms with Gasteiger partial charge >= 0.3 is 0 Å². The van der Waals surface area contributed by atoms with E-state index in [0.717, 1.165) is 12.8 Å². The Labute approximate surface area is 114 Å². The fourth-order valence-electron chi connectivity index (χ4n) is 1.70. The minimum Gasteiger partial charge on any atom is -0.655 e. The third-order valence-electron chi connectivity index (χ3n) is 2.12. The molecule has 0 N–H and O–H groups in total. The molecule has 1 unspecified atom stereocenters. The SMILES string of the molecule is CCC(CC(C)(C)[N-]C(C)C)OC.[Y]. The van der Waals surface area contributed by atoms with Crippen molar-refractivity contribution < 1.29 is 37.4 Å². The van der Waals surface area contributed by atoms with Gasteiger partial charge in [-0.2, -0.15) is 0 Å². The zero-order valence-electron chi connectivity index (χ0n) is 10.5. The molecule has 0 saturated carbocycles. The van der Waals surface area contributed by atoms with Crippen LogP contribution in [0.2, 0.25) is 0 Å². The first-order chi connectivity index (χ1) is 5.91. The molecule has 0 bridgehead atoms. The van der Waals surface area contributed by atoms with Crippen LogP contribution in [0.25, 0.3) is 5.32 Å². The average molecular weight is 275 g/mol. The second kappa shape index (κ2) is 8.21. The Balaban J connectivity index is 0. The van der Waals surface area contributed by atoms with E-state index in [2.05, 4.69) is 39.9 Å². The summed E-state index contributed by atoms with van der Waals surface area (Å²) in [4.78, 5) is 0. The van der Waals surface area contributed by atoms with Crippen LogP contribution in [0.4, 0.5) is 0 Å². The summed E-state index contributed by atoms with van der Waals surface area (Å²) in [6, 6.07) is 0.407. The zero-order chi connectivity index (χ0) is 10.5. The smallest absolute Gasteiger partial charge is 0.0557 e. The summed E-state index contributed by atoms with van der Waals surface area (Å²) in [6.07, 6.45) is 2.42. The number of nitrogens with zero attached hydrogens (tertiary/aromatic N) is 1. The molecule has 0 heterocycles. The molecule has 0 aliphatic carbocycles. The van der Waals surface area contributed by atoms with E-state index in [1.54, 1.807) is 7.11 Å². The Morgan fingerprint density at radius 1 is 1.29 bits per heavy atom. The van der Waals surface area contributed by atoms with Gasteiger partial charge in [-0.25, -0.2) is 0 Å². The van der Waals surface area contributed by atoms with Crippen molar-refractivity contribution in [1.29, 1.82) is 0 Å². The minimum atomic E-state index is 0. The second-order valence-electron chi connectivity index (χ2n) is 4.51. The maximum atomic E-state index is 5.36. The molecule has 0 aromatic carbocycles. The van der Waals surface area contributed by atoms with E-state index in [-0.39, 0.29) is 38.2 Å². The standard InChI is InChI=1S/C11H24NO.Y/c1-7-10(13-6)8-11(4,5)12-9(2)3;/h9-10H,7-8H2,1-6H3;/q-1;. The third kappa shape index (κ3) is 8.34. The van der Waals surface area contributed by atoms with Crippen molar-refractivity contribution in [3.8, 4) is 0 Å². The molecule has 0 rings (SSSR count).